The monoisotopic (exact) mass is 214 g/mol. The van der Waals surface area contributed by atoms with Crippen LogP contribution in [0.5, 0.6) is 0 Å². The zero-order valence-electron chi connectivity index (χ0n) is 9.88. The lowest BCUT2D eigenvalue weighted by Crippen LogP contribution is -2.35. The van der Waals surface area contributed by atoms with Gasteiger partial charge in [-0.3, -0.25) is 0 Å². The number of nitrogens with one attached hydrogen (secondary N) is 1. The number of primary amides is 1. The molecule has 3 N–H and O–H groups in total. The predicted molar refractivity (Wildman–Crippen MR) is 59.5 cm³/mol. The van der Waals surface area contributed by atoms with Gasteiger partial charge < -0.3 is 15.8 Å². The third kappa shape index (κ3) is 4.08. The maximum atomic E-state index is 10.3. The summed E-state index contributed by atoms with van der Waals surface area (Å²) in [4.78, 5) is 10.3. The molecule has 0 aromatic carbocycles. The lowest BCUT2D eigenvalue weighted by atomic mass is 9.91. The molecule has 1 aliphatic carbocycles. The number of carbonyl (C=O) groups excluding carboxylic acids is 1. The highest BCUT2D eigenvalue weighted by Crippen LogP contribution is 2.40. The predicted octanol–water partition coefficient (Wildman–Crippen LogP) is 1.50. The van der Waals surface area contributed by atoms with Gasteiger partial charge in [0.05, 0.1) is 0 Å². The molecule has 0 bridgehead atoms. The zero-order valence-corrected chi connectivity index (χ0v) is 9.88. The van der Waals surface area contributed by atoms with E-state index in [4.69, 9.17) is 5.73 Å². The highest BCUT2D eigenvalue weighted by molar-refractivity contribution is 5.64. The van der Waals surface area contributed by atoms with Gasteiger partial charge in [-0.25, -0.2) is 4.79 Å². The molecule has 15 heavy (non-hydrogen) atoms. The van der Waals surface area contributed by atoms with Crippen LogP contribution >= 0.6 is 0 Å². The first-order valence-electron chi connectivity index (χ1n) is 5.56. The summed E-state index contributed by atoms with van der Waals surface area (Å²) in [7, 11) is 0. The van der Waals surface area contributed by atoms with Crippen molar-refractivity contribution >= 4 is 6.09 Å². The van der Waals surface area contributed by atoms with Crippen LogP contribution < -0.4 is 11.1 Å². The summed E-state index contributed by atoms with van der Waals surface area (Å²) in [5.41, 5.74) is 5.30. The van der Waals surface area contributed by atoms with Crippen LogP contribution in [0.25, 0.3) is 0 Å². The fraction of sp³-hybridized carbons (Fsp3) is 0.909. The summed E-state index contributed by atoms with van der Waals surface area (Å²) in [6, 6.07) is 0.538. The second-order valence-electron chi connectivity index (χ2n) is 5.28. The molecule has 1 amide bonds. The Morgan fingerprint density at radius 2 is 2.20 bits per heavy atom. The highest BCUT2D eigenvalue weighted by Gasteiger charge is 2.35. The van der Waals surface area contributed by atoms with Gasteiger partial charge in [-0.05, 0) is 24.2 Å². The molecule has 0 spiro atoms. The van der Waals surface area contributed by atoms with Gasteiger partial charge in [0.25, 0.3) is 0 Å². The van der Waals surface area contributed by atoms with Crippen molar-refractivity contribution in [3.63, 3.8) is 0 Å². The van der Waals surface area contributed by atoms with Gasteiger partial charge in [0.1, 0.15) is 6.61 Å². The molecule has 1 fully saturated rings. The van der Waals surface area contributed by atoms with Crippen LogP contribution in [0.3, 0.4) is 0 Å². The molecule has 0 radical (unpaired) electrons. The minimum atomic E-state index is -0.698. The minimum Gasteiger partial charge on any atom is -0.448 e. The van der Waals surface area contributed by atoms with Crippen LogP contribution in [0, 0.1) is 11.3 Å². The van der Waals surface area contributed by atoms with Gasteiger partial charge in [-0.1, -0.05) is 20.8 Å². The number of ether oxygens (including phenoxy) is 1. The van der Waals surface area contributed by atoms with Crippen molar-refractivity contribution in [2.75, 3.05) is 13.2 Å². The fourth-order valence-corrected chi connectivity index (χ4v) is 2.56. The van der Waals surface area contributed by atoms with Crippen LogP contribution in [0.2, 0.25) is 0 Å². The molecule has 0 aliphatic heterocycles. The first-order chi connectivity index (χ1) is 6.91. The van der Waals surface area contributed by atoms with E-state index in [2.05, 4.69) is 30.8 Å². The Labute approximate surface area is 91.5 Å². The third-order valence-corrected chi connectivity index (χ3v) is 3.09. The SMILES string of the molecule is CC1CC(C)(C)CC1NCCOC(N)=O. The van der Waals surface area contributed by atoms with E-state index in [9.17, 15) is 4.79 Å². The normalized spacial score (nSPS) is 29.0. The van der Waals surface area contributed by atoms with Crippen molar-refractivity contribution in [1.82, 2.24) is 5.32 Å². The molecule has 1 aliphatic rings. The van der Waals surface area contributed by atoms with Crippen molar-refractivity contribution in [2.45, 2.75) is 39.7 Å². The van der Waals surface area contributed by atoms with Crippen molar-refractivity contribution in [3.05, 3.63) is 0 Å². The lowest BCUT2D eigenvalue weighted by Gasteiger charge is -2.18. The molecule has 0 saturated heterocycles. The van der Waals surface area contributed by atoms with Crippen LogP contribution in [0.1, 0.15) is 33.6 Å². The summed E-state index contributed by atoms with van der Waals surface area (Å²) in [6.07, 6.45) is 1.74. The van der Waals surface area contributed by atoms with Gasteiger partial charge in [0.15, 0.2) is 0 Å². The molecule has 0 aromatic heterocycles. The number of hydrogen-bond acceptors (Lipinski definition) is 3. The van der Waals surface area contributed by atoms with Gasteiger partial charge >= 0.3 is 6.09 Å². The lowest BCUT2D eigenvalue weighted by molar-refractivity contribution is 0.155. The Morgan fingerprint density at radius 1 is 1.53 bits per heavy atom. The molecule has 0 aromatic rings. The molecule has 4 nitrogen and oxygen atoms in total. The fourth-order valence-electron chi connectivity index (χ4n) is 2.56. The Bertz CT molecular complexity index is 229. The van der Waals surface area contributed by atoms with Gasteiger partial charge in [-0.15, -0.1) is 0 Å². The summed E-state index contributed by atoms with van der Waals surface area (Å²) < 4.78 is 4.67. The van der Waals surface area contributed by atoms with E-state index < -0.39 is 6.09 Å². The first kappa shape index (κ1) is 12.3. The van der Waals surface area contributed by atoms with Gasteiger partial charge in [-0.2, -0.15) is 0 Å². The summed E-state index contributed by atoms with van der Waals surface area (Å²) in [6.45, 7) is 7.91. The quantitative estimate of drug-likeness (QED) is 0.697. The molecule has 4 heteroatoms. The van der Waals surface area contributed by atoms with Crippen molar-refractivity contribution in [2.24, 2.45) is 17.1 Å². The van der Waals surface area contributed by atoms with E-state index in [1.165, 1.54) is 12.8 Å². The second-order valence-corrected chi connectivity index (χ2v) is 5.28. The molecule has 1 rings (SSSR count). The number of rotatable bonds is 4. The number of hydrogen-bond donors (Lipinski definition) is 2. The van der Waals surface area contributed by atoms with Crippen LogP contribution in [-0.4, -0.2) is 25.3 Å². The second kappa shape index (κ2) is 4.84. The molecule has 88 valence electrons. The topological polar surface area (TPSA) is 64.3 Å². The Kier molecular flexibility index (Phi) is 3.97. The average molecular weight is 214 g/mol. The molecule has 2 unspecified atom stereocenters. The van der Waals surface area contributed by atoms with Gasteiger partial charge in [0, 0.05) is 12.6 Å². The van der Waals surface area contributed by atoms with E-state index in [-0.39, 0.29) is 0 Å². The number of carbonyl (C=O) groups is 1. The van der Waals surface area contributed by atoms with E-state index in [0.29, 0.717) is 30.5 Å². The van der Waals surface area contributed by atoms with Crippen LogP contribution in [-0.2, 0) is 4.74 Å². The maximum Gasteiger partial charge on any atom is 0.404 e. The minimum absolute atomic E-state index is 0.360. The molecular weight excluding hydrogens is 192 g/mol. The molecule has 2 atom stereocenters. The number of nitrogens with two attached hydrogens (primary N) is 1. The molecule has 0 heterocycles. The largest absolute Gasteiger partial charge is 0.448 e. The Balaban J connectivity index is 2.19. The third-order valence-electron chi connectivity index (χ3n) is 3.09. The van der Waals surface area contributed by atoms with Crippen LogP contribution in [0.15, 0.2) is 0 Å². The van der Waals surface area contributed by atoms with Crippen molar-refractivity contribution in [1.29, 1.82) is 0 Å². The zero-order chi connectivity index (χ0) is 11.5. The maximum absolute atomic E-state index is 10.3. The Morgan fingerprint density at radius 3 is 2.67 bits per heavy atom. The number of amides is 1. The smallest absolute Gasteiger partial charge is 0.404 e. The first-order valence-corrected chi connectivity index (χ1v) is 5.56. The summed E-state index contributed by atoms with van der Waals surface area (Å²) >= 11 is 0. The Hall–Kier alpha value is -0.770. The summed E-state index contributed by atoms with van der Waals surface area (Å²) in [5, 5.41) is 3.41. The van der Waals surface area contributed by atoms with E-state index in [0.717, 1.165) is 0 Å². The van der Waals surface area contributed by atoms with Crippen molar-refractivity contribution in [3.8, 4) is 0 Å². The average Bonchev–Trinajstić information content (AvgIpc) is 2.33. The van der Waals surface area contributed by atoms with Crippen LogP contribution in [0.4, 0.5) is 4.79 Å². The van der Waals surface area contributed by atoms with Gasteiger partial charge in [0.2, 0.25) is 0 Å². The summed E-state index contributed by atoms with van der Waals surface area (Å²) in [5.74, 6) is 0.688. The standard InChI is InChI=1S/C11H22N2O2/c1-8-6-11(2,3)7-9(8)13-4-5-15-10(12)14/h8-9,13H,4-7H2,1-3H3,(H2,12,14). The van der Waals surface area contributed by atoms with E-state index in [1.54, 1.807) is 0 Å². The molecule has 1 saturated carbocycles. The highest BCUT2D eigenvalue weighted by atomic mass is 16.5. The van der Waals surface area contributed by atoms with E-state index in [1.807, 2.05) is 0 Å². The molecular formula is C11H22N2O2. The van der Waals surface area contributed by atoms with Crippen molar-refractivity contribution < 1.29 is 9.53 Å². The van der Waals surface area contributed by atoms with E-state index >= 15 is 0 Å².